The van der Waals surface area contributed by atoms with Crippen LogP contribution in [0.4, 0.5) is 13.2 Å². The van der Waals surface area contributed by atoms with Crippen molar-refractivity contribution >= 4 is 0 Å². The average Bonchev–Trinajstić information content (AvgIpc) is 2.72. The number of halogens is 3. The molecule has 0 amide bonds. The second-order valence-corrected chi connectivity index (χ2v) is 4.59. The van der Waals surface area contributed by atoms with Gasteiger partial charge in [0.05, 0.1) is 5.69 Å². The number of nitrogens with one attached hydrogen (secondary N) is 1. The minimum absolute atomic E-state index is 0.0423. The number of alkyl halides is 3. The van der Waals surface area contributed by atoms with E-state index in [1.165, 1.54) is 0 Å². The number of rotatable bonds is 8. The van der Waals surface area contributed by atoms with Crippen LogP contribution in [0.5, 0.6) is 0 Å². The van der Waals surface area contributed by atoms with Crippen molar-refractivity contribution in [2.75, 3.05) is 6.61 Å². The van der Waals surface area contributed by atoms with E-state index < -0.39 is 12.6 Å². The molecule has 1 aromatic heterocycles. The van der Waals surface area contributed by atoms with Crippen molar-refractivity contribution in [1.82, 2.24) is 10.5 Å². The highest BCUT2D eigenvalue weighted by atomic mass is 19.4. The molecule has 1 N–H and O–H groups in total. The fourth-order valence-corrected chi connectivity index (χ4v) is 1.36. The first-order chi connectivity index (χ1) is 8.87. The molecule has 0 saturated carbocycles. The van der Waals surface area contributed by atoms with Crippen LogP contribution in [0.2, 0.25) is 0 Å². The van der Waals surface area contributed by atoms with Gasteiger partial charge in [-0.1, -0.05) is 19.0 Å². The maximum Gasteiger partial charge on any atom is 0.389 e. The molecule has 0 aliphatic heterocycles. The second-order valence-electron chi connectivity index (χ2n) is 4.59. The van der Waals surface area contributed by atoms with Gasteiger partial charge in [0.15, 0.2) is 5.76 Å². The van der Waals surface area contributed by atoms with Crippen molar-refractivity contribution in [3.8, 4) is 0 Å². The molecule has 1 rings (SSSR count). The Morgan fingerprint density at radius 3 is 2.79 bits per heavy atom. The molecule has 110 valence electrons. The van der Waals surface area contributed by atoms with Gasteiger partial charge in [0.2, 0.25) is 0 Å². The highest BCUT2D eigenvalue weighted by Gasteiger charge is 2.25. The summed E-state index contributed by atoms with van der Waals surface area (Å²) in [4.78, 5) is 0. The SMILES string of the molecule is CC(C)NCc1cc(COCCCC(F)(F)F)on1. The molecule has 0 spiro atoms. The first-order valence-corrected chi connectivity index (χ1v) is 6.19. The van der Waals surface area contributed by atoms with Gasteiger partial charge in [0, 0.05) is 31.7 Å². The third-order valence-corrected chi connectivity index (χ3v) is 2.29. The van der Waals surface area contributed by atoms with E-state index >= 15 is 0 Å². The van der Waals surface area contributed by atoms with Crippen LogP contribution >= 0.6 is 0 Å². The maximum absolute atomic E-state index is 11.9. The van der Waals surface area contributed by atoms with Crippen LogP contribution in [0.3, 0.4) is 0 Å². The van der Waals surface area contributed by atoms with E-state index in [4.69, 9.17) is 9.26 Å². The lowest BCUT2D eigenvalue weighted by Crippen LogP contribution is -2.21. The van der Waals surface area contributed by atoms with Crippen LogP contribution < -0.4 is 5.32 Å². The molecule has 0 bridgehead atoms. The molecule has 1 heterocycles. The summed E-state index contributed by atoms with van der Waals surface area (Å²) >= 11 is 0. The lowest BCUT2D eigenvalue weighted by atomic mass is 10.3. The van der Waals surface area contributed by atoms with E-state index in [2.05, 4.69) is 10.5 Å². The summed E-state index contributed by atoms with van der Waals surface area (Å²) in [5.74, 6) is 0.521. The first kappa shape index (κ1) is 16.0. The van der Waals surface area contributed by atoms with Crippen molar-refractivity contribution in [1.29, 1.82) is 0 Å². The fourth-order valence-electron chi connectivity index (χ4n) is 1.36. The minimum atomic E-state index is -4.12. The van der Waals surface area contributed by atoms with Gasteiger partial charge < -0.3 is 14.6 Å². The summed E-state index contributed by atoms with van der Waals surface area (Å²) in [5, 5.41) is 7.01. The van der Waals surface area contributed by atoms with Gasteiger partial charge in [-0.05, 0) is 6.42 Å². The van der Waals surface area contributed by atoms with E-state index in [9.17, 15) is 13.2 Å². The molecular formula is C12H19F3N2O2. The summed E-state index contributed by atoms with van der Waals surface area (Å²) < 4.78 is 45.7. The molecule has 0 radical (unpaired) electrons. The molecule has 0 saturated heterocycles. The zero-order chi connectivity index (χ0) is 14.3. The van der Waals surface area contributed by atoms with Crippen LogP contribution in [-0.4, -0.2) is 24.0 Å². The Labute approximate surface area is 110 Å². The van der Waals surface area contributed by atoms with E-state index in [-0.39, 0.29) is 19.6 Å². The average molecular weight is 280 g/mol. The molecule has 0 aromatic carbocycles. The molecule has 19 heavy (non-hydrogen) atoms. The largest absolute Gasteiger partial charge is 0.389 e. The Morgan fingerprint density at radius 1 is 1.42 bits per heavy atom. The third kappa shape index (κ3) is 7.84. The number of ether oxygens (including phenoxy) is 1. The Bertz CT molecular complexity index is 364. The van der Waals surface area contributed by atoms with Crippen LogP contribution in [-0.2, 0) is 17.9 Å². The van der Waals surface area contributed by atoms with Crippen LogP contribution in [0, 0.1) is 0 Å². The lowest BCUT2D eigenvalue weighted by Gasteiger charge is -2.05. The normalized spacial score (nSPS) is 12.3. The van der Waals surface area contributed by atoms with Crippen LogP contribution in [0.25, 0.3) is 0 Å². The number of aromatic nitrogens is 1. The Hall–Kier alpha value is -1.08. The monoisotopic (exact) mass is 280 g/mol. The topological polar surface area (TPSA) is 47.3 Å². The van der Waals surface area contributed by atoms with E-state index in [0.29, 0.717) is 18.3 Å². The van der Waals surface area contributed by atoms with Crippen LogP contribution in [0.15, 0.2) is 10.6 Å². The van der Waals surface area contributed by atoms with Crippen molar-refractivity contribution in [3.05, 3.63) is 17.5 Å². The van der Waals surface area contributed by atoms with Gasteiger partial charge in [-0.2, -0.15) is 13.2 Å². The zero-order valence-corrected chi connectivity index (χ0v) is 11.1. The summed E-state index contributed by atoms with van der Waals surface area (Å²) in [6.45, 7) is 4.83. The minimum Gasteiger partial charge on any atom is -0.373 e. The van der Waals surface area contributed by atoms with Crippen molar-refractivity contribution in [2.24, 2.45) is 0 Å². The number of nitrogens with zero attached hydrogens (tertiary/aromatic N) is 1. The maximum atomic E-state index is 11.9. The van der Waals surface area contributed by atoms with Gasteiger partial charge in [0.25, 0.3) is 0 Å². The van der Waals surface area contributed by atoms with Crippen molar-refractivity contribution in [3.63, 3.8) is 0 Å². The van der Waals surface area contributed by atoms with Crippen LogP contribution in [0.1, 0.15) is 38.1 Å². The molecule has 0 fully saturated rings. The van der Waals surface area contributed by atoms with Crippen molar-refractivity contribution < 1.29 is 22.4 Å². The van der Waals surface area contributed by atoms with E-state index in [1.807, 2.05) is 13.8 Å². The van der Waals surface area contributed by atoms with Gasteiger partial charge in [-0.3, -0.25) is 0 Å². The molecular weight excluding hydrogens is 261 g/mol. The molecule has 7 heteroatoms. The molecule has 0 aliphatic rings. The summed E-state index contributed by atoms with van der Waals surface area (Å²) in [6.07, 6.45) is -4.99. The first-order valence-electron chi connectivity index (χ1n) is 6.19. The Balaban J connectivity index is 2.16. The Kier molecular flexibility index (Phi) is 6.30. The standard InChI is InChI=1S/C12H19F3N2O2/c1-9(2)16-7-10-6-11(19-17-10)8-18-5-3-4-12(13,14)15/h6,9,16H,3-5,7-8H2,1-2H3. The van der Waals surface area contributed by atoms with Crippen molar-refractivity contribution in [2.45, 2.75) is 52.1 Å². The Morgan fingerprint density at radius 2 is 2.16 bits per heavy atom. The predicted molar refractivity (Wildman–Crippen MR) is 63.4 cm³/mol. The molecule has 0 aliphatic carbocycles. The quantitative estimate of drug-likeness (QED) is 0.744. The molecule has 4 nitrogen and oxygen atoms in total. The highest BCUT2D eigenvalue weighted by molar-refractivity contribution is 5.04. The fraction of sp³-hybridized carbons (Fsp3) is 0.750. The summed E-state index contributed by atoms with van der Waals surface area (Å²) in [7, 11) is 0. The summed E-state index contributed by atoms with van der Waals surface area (Å²) in [5.41, 5.74) is 0.752. The van der Waals surface area contributed by atoms with Gasteiger partial charge in [-0.15, -0.1) is 0 Å². The highest BCUT2D eigenvalue weighted by Crippen LogP contribution is 2.21. The predicted octanol–water partition coefficient (Wildman–Crippen LogP) is 3.03. The van der Waals surface area contributed by atoms with E-state index in [0.717, 1.165) is 5.69 Å². The zero-order valence-electron chi connectivity index (χ0n) is 11.1. The summed E-state index contributed by atoms with van der Waals surface area (Å²) in [6, 6.07) is 2.08. The lowest BCUT2D eigenvalue weighted by molar-refractivity contribution is -0.138. The number of hydrogen-bond acceptors (Lipinski definition) is 4. The second kappa shape index (κ2) is 7.49. The molecule has 0 unspecified atom stereocenters. The van der Waals surface area contributed by atoms with Gasteiger partial charge in [0.1, 0.15) is 6.61 Å². The molecule has 0 atom stereocenters. The van der Waals surface area contributed by atoms with E-state index in [1.54, 1.807) is 6.07 Å². The van der Waals surface area contributed by atoms with Gasteiger partial charge >= 0.3 is 6.18 Å². The third-order valence-electron chi connectivity index (χ3n) is 2.29. The van der Waals surface area contributed by atoms with Gasteiger partial charge in [-0.25, -0.2) is 0 Å². The molecule has 1 aromatic rings. The number of hydrogen-bond donors (Lipinski definition) is 1. The smallest absolute Gasteiger partial charge is 0.373 e.